The second kappa shape index (κ2) is 17.2. The Hall–Kier alpha value is -5.09. The van der Waals surface area contributed by atoms with Gasteiger partial charge in [-0.25, -0.2) is 19.9 Å². The van der Waals surface area contributed by atoms with Gasteiger partial charge in [-0.3, -0.25) is 19.6 Å². The second-order valence-corrected chi connectivity index (χ2v) is 13.7. The molecule has 0 fully saturated rings. The lowest BCUT2D eigenvalue weighted by atomic mass is 10.1. The molecule has 53 heavy (non-hydrogen) atoms. The van der Waals surface area contributed by atoms with Gasteiger partial charge in [0.05, 0.1) is 58.9 Å². The Morgan fingerprint density at radius 3 is 1.60 bits per heavy atom. The van der Waals surface area contributed by atoms with Crippen molar-refractivity contribution >= 4 is 81.6 Å². The van der Waals surface area contributed by atoms with Gasteiger partial charge in [0.25, 0.3) is 11.8 Å². The van der Waals surface area contributed by atoms with E-state index < -0.39 is 0 Å². The molecule has 0 unspecified atom stereocenters. The predicted molar refractivity (Wildman–Crippen MR) is 207 cm³/mol. The first-order valence-electron chi connectivity index (χ1n) is 16.8. The molecule has 2 atom stereocenters. The molecule has 4 aromatic rings. The van der Waals surface area contributed by atoms with Crippen molar-refractivity contribution < 1.29 is 14.3 Å². The van der Waals surface area contributed by atoms with Crippen LogP contribution < -0.4 is 31.3 Å². The summed E-state index contributed by atoms with van der Waals surface area (Å²) in [4.78, 5) is 42.6. The molecule has 2 aromatic carbocycles. The molecule has 0 saturated carbocycles. The van der Waals surface area contributed by atoms with E-state index in [0.717, 1.165) is 16.9 Å². The molecule has 4 N–H and O–H groups in total. The highest BCUT2D eigenvalue weighted by molar-refractivity contribution is 6.42. The van der Waals surface area contributed by atoms with Crippen LogP contribution in [0.2, 0.25) is 15.1 Å². The van der Waals surface area contributed by atoms with E-state index in [-0.39, 0.29) is 23.7 Å². The molecule has 0 bridgehead atoms. The fraction of sp³-hybridized carbons (Fsp3) is 0.314. The normalized spacial score (nSPS) is 16.6. The van der Waals surface area contributed by atoms with Crippen molar-refractivity contribution in [3.8, 4) is 0 Å². The first-order valence-corrected chi connectivity index (χ1v) is 17.9. The summed E-state index contributed by atoms with van der Waals surface area (Å²) in [5, 5.41) is 26.1. The Bertz CT molecular complexity index is 1870. The van der Waals surface area contributed by atoms with Crippen LogP contribution in [-0.4, -0.2) is 82.8 Å². The number of rotatable bonds is 12. The number of nitrogens with zero attached hydrogens (tertiary/aromatic N) is 8. The van der Waals surface area contributed by atoms with E-state index in [4.69, 9.17) is 39.5 Å². The van der Waals surface area contributed by atoms with Crippen LogP contribution in [0, 0.1) is 18.8 Å². The maximum atomic E-state index is 12.9. The summed E-state index contributed by atoms with van der Waals surface area (Å²) in [7, 11) is 0. The number of carbonyl (C=O) groups is 2. The number of amidine groups is 2. The molecule has 2 aliphatic heterocycles. The topological polar surface area (TPSA) is 174 Å². The zero-order valence-corrected chi connectivity index (χ0v) is 31.4. The average molecular weight is 780 g/mol. The van der Waals surface area contributed by atoms with E-state index in [9.17, 15) is 9.59 Å². The molecule has 0 spiro atoms. The van der Waals surface area contributed by atoms with Crippen LogP contribution in [0.1, 0.15) is 40.1 Å². The smallest absolute Gasteiger partial charge is 0.259 e. The number of ether oxygens (including phenoxy) is 1. The zero-order valence-electron chi connectivity index (χ0n) is 29.1. The number of carbonyl (C=O) groups excluding carboxylic acids is 2. The summed E-state index contributed by atoms with van der Waals surface area (Å²) < 4.78 is 5.66. The van der Waals surface area contributed by atoms with Gasteiger partial charge in [-0.05, 0) is 42.8 Å². The number of hydrazone groups is 2. The van der Waals surface area contributed by atoms with Gasteiger partial charge in [0.2, 0.25) is 11.9 Å². The van der Waals surface area contributed by atoms with Gasteiger partial charge in [0.15, 0.2) is 0 Å². The van der Waals surface area contributed by atoms with Crippen molar-refractivity contribution in [3.05, 3.63) is 92.9 Å². The number of benzene rings is 2. The van der Waals surface area contributed by atoms with E-state index >= 15 is 0 Å². The van der Waals surface area contributed by atoms with Crippen LogP contribution in [-0.2, 0) is 4.74 Å². The zero-order chi connectivity index (χ0) is 37.5. The lowest BCUT2D eigenvalue weighted by Crippen LogP contribution is -2.33. The molecular weight excluding hydrogens is 743 g/mol. The molecular formula is C35H37Cl3N12O3. The summed E-state index contributed by atoms with van der Waals surface area (Å²) in [5.41, 5.74) is 3.23. The van der Waals surface area contributed by atoms with Crippen molar-refractivity contribution in [1.29, 1.82) is 0 Å². The Labute approximate surface area is 321 Å². The second-order valence-electron chi connectivity index (χ2n) is 12.4. The molecule has 6 rings (SSSR count). The predicted octanol–water partition coefficient (Wildman–Crippen LogP) is 5.48. The molecule has 18 heteroatoms. The van der Waals surface area contributed by atoms with Gasteiger partial charge in [-0.15, -0.1) is 0 Å². The Morgan fingerprint density at radius 1 is 0.698 bits per heavy atom. The number of hydrogen-bond donors (Lipinski definition) is 4. The van der Waals surface area contributed by atoms with Crippen molar-refractivity contribution in [2.24, 2.45) is 22.0 Å². The average Bonchev–Trinajstić information content (AvgIpc) is 3.71. The van der Waals surface area contributed by atoms with Crippen LogP contribution >= 0.6 is 34.8 Å². The largest absolute Gasteiger partial charge is 0.378 e. The summed E-state index contributed by atoms with van der Waals surface area (Å²) in [6.45, 7) is 8.78. The van der Waals surface area contributed by atoms with Crippen LogP contribution in [0.4, 0.5) is 23.3 Å². The van der Waals surface area contributed by atoms with Gasteiger partial charge in [0, 0.05) is 54.7 Å². The fourth-order valence-electron chi connectivity index (χ4n) is 5.26. The van der Waals surface area contributed by atoms with Crippen molar-refractivity contribution in [1.82, 2.24) is 30.6 Å². The van der Waals surface area contributed by atoms with Gasteiger partial charge in [0.1, 0.15) is 11.7 Å². The minimum Gasteiger partial charge on any atom is -0.378 e. The molecule has 276 valence electrons. The summed E-state index contributed by atoms with van der Waals surface area (Å²) >= 11 is 18.5. The van der Waals surface area contributed by atoms with Crippen molar-refractivity contribution in [2.45, 2.75) is 20.8 Å². The van der Waals surface area contributed by atoms with E-state index in [1.807, 2.05) is 50.0 Å². The van der Waals surface area contributed by atoms with E-state index in [1.54, 1.807) is 17.1 Å². The first-order chi connectivity index (χ1) is 25.5. The number of halogens is 3. The lowest BCUT2D eigenvalue weighted by Gasteiger charge is -2.15. The maximum absolute atomic E-state index is 12.9. The summed E-state index contributed by atoms with van der Waals surface area (Å²) in [6.07, 6.45) is 5.81. The third-order valence-corrected chi connectivity index (χ3v) is 9.46. The highest BCUT2D eigenvalue weighted by Crippen LogP contribution is 2.30. The fourth-order valence-corrected chi connectivity index (χ4v) is 5.73. The SMILES string of the molecule is Cc1ccc(N2C[C@H](C)C(NC(=O)c3cnc(NCCOCCNc4ncc(C(=O)NC5=NN(c6ccc(Cl)c(Cl)c6)C[C@@H]5C)cn4)nc3)=N2)cc1Cl. The van der Waals surface area contributed by atoms with Crippen LogP contribution in [0.25, 0.3) is 0 Å². The lowest BCUT2D eigenvalue weighted by molar-refractivity contribution is 0.0966. The van der Waals surface area contributed by atoms with Crippen LogP contribution in [0.3, 0.4) is 0 Å². The Kier molecular flexibility index (Phi) is 12.2. The van der Waals surface area contributed by atoms with Gasteiger partial charge >= 0.3 is 0 Å². The first kappa shape index (κ1) is 37.7. The highest BCUT2D eigenvalue weighted by atomic mass is 35.5. The minimum atomic E-state index is -0.360. The highest BCUT2D eigenvalue weighted by Gasteiger charge is 2.27. The molecule has 2 amide bonds. The monoisotopic (exact) mass is 778 g/mol. The Morgan fingerprint density at radius 2 is 1.15 bits per heavy atom. The quantitative estimate of drug-likeness (QED) is 0.134. The minimum absolute atomic E-state index is 0.0145. The number of aryl methyl sites for hydroxylation is 1. The molecule has 0 aliphatic carbocycles. The number of nitrogens with one attached hydrogen (secondary N) is 4. The van der Waals surface area contributed by atoms with Crippen molar-refractivity contribution in [3.63, 3.8) is 0 Å². The molecule has 2 aromatic heterocycles. The molecule has 0 radical (unpaired) electrons. The molecule has 0 saturated heterocycles. The third kappa shape index (κ3) is 9.67. The number of aromatic nitrogens is 4. The van der Waals surface area contributed by atoms with Crippen LogP contribution in [0.5, 0.6) is 0 Å². The van der Waals surface area contributed by atoms with Gasteiger partial charge in [-0.1, -0.05) is 54.7 Å². The maximum Gasteiger partial charge on any atom is 0.259 e. The van der Waals surface area contributed by atoms with Crippen LogP contribution in [0.15, 0.2) is 71.4 Å². The standard InChI is InChI=1S/C35H37Cl3N12O3/c1-20-4-5-25(12-28(20)37)49-18-21(2)30(47-49)45-32(51)23-14-41-34(42-15-23)39-8-10-53-11-9-40-35-43-16-24(17-44-35)33(52)46-31-22(3)19-50(48-31)26-6-7-27(36)29(38)13-26/h4-7,12-17,21-22H,8-11,18-19H2,1-3H3,(H,39,41,42)(H,40,43,44)(H,45,47,51)(H,46,48,52)/t21-,22-/m0/s1. The van der Waals surface area contributed by atoms with Gasteiger partial charge in [-0.2, -0.15) is 10.2 Å². The van der Waals surface area contributed by atoms with Gasteiger partial charge < -0.3 is 26.0 Å². The molecule has 4 heterocycles. The summed E-state index contributed by atoms with van der Waals surface area (Å²) in [6, 6.07) is 11.0. The number of amides is 2. The molecule has 2 aliphatic rings. The van der Waals surface area contributed by atoms with E-state index in [1.165, 1.54) is 24.8 Å². The van der Waals surface area contributed by atoms with E-state index in [2.05, 4.69) is 51.4 Å². The van der Waals surface area contributed by atoms with Crippen molar-refractivity contribution in [2.75, 3.05) is 60.0 Å². The molecule has 15 nitrogen and oxygen atoms in total. The number of anilines is 4. The Balaban J connectivity index is 0.869. The number of hydrogen-bond acceptors (Lipinski definition) is 13. The third-order valence-electron chi connectivity index (χ3n) is 8.31. The van der Waals surface area contributed by atoms with E-state index in [0.29, 0.717) is 89.2 Å². The summed E-state index contributed by atoms with van der Waals surface area (Å²) in [5.74, 6) is 1.12.